The Bertz CT molecular complexity index is 1530. The molecule has 2 amide bonds. The van der Waals surface area contributed by atoms with Gasteiger partial charge in [-0.15, -0.1) is 0 Å². The molecule has 0 atom stereocenters. The molecule has 0 radical (unpaired) electrons. The smallest absolute Gasteiger partial charge is 0.263 e. The van der Waals surface area contributed by atoms with Gasteiger partial charge in [-0.1, -0.05) is 35.3 Å². The molecule has 2 aromatic carbocycles. The van der Waals surface area contributed by atoms with Gasteiger partial charge in [0, 0.05) is 68.8 Å². The zero-order valence-corrected chi connectivity index (χ0v) is 28.2. The molecule has 1 aliphatic heterocycles. The molecule has 9 nitrogen and oxygen atoms in total. The number of nitrogens with one attached hydrogen (secondary N) is 1. The molecule has 3 aromatic rings. The van der Waals surface area contributed by atoms with E-state index in [1.807, 2.05) is 39.0 Å². The van der Waals surface area contributed by atoms with E-state index in [2.05, 4.69) is 21.3 Å². The average molecular weight is 670 g/mol. The lowest BCUT2D eigenvalue weighted by atomic mass is 10.1. The molecule has 1 fully saturated rings. The minimum Gasteiger partial charge on any atom is -0.455 e. The summed E-state index contributed by atoms with van der Waals surface area (Å²) in [5.74, 6) is 0.334. The van der Waals surface area contributed by atoms with Crippen molar-refractivity contribution in [3.05, 3.63) is 76.0 Å². The van der Waals surface area contributed by atoms with Crippen LogP contribution in [-0.2, 0) is 20.7 Å². The third kappa shape index (κ3) is 8.70. The van der Waals surface area contributed by atoms with Crippen molar-refractivity contribution in [1.82, 2.24) is 10.3 Å². The zero-order valence-electron chi connectivity index (χ0n) is 26.7. The summed E-state index contributed by atoms with van der Waals surface area (Å²) in [6.45, 7) is 9.45. The average Bonchev–Trinajstić information content (AvgIpc) is 3.88. The molecule has 2 aliphatic rings. The van der Waals surface area contributed by atoms with Crippen LogP contribution in [0.5, 0.6) is 11.5 Å². The van der Waals surface area contributed by atoms with Crippen molar-refractivity contribution >= 4 is 46.4 Å². The molecule has 11 heteroatoms. The molecule has 1 aliphatic carbocycles. The third-order valence-electron chi connectivity index (χ3n) is 8.19. The Balaban J connectivity index is 1.16. The maximum absolute atomic E-state index is 13.9. The standard InChI is InChI=1S/C35H42Cl2N4O5/c1-4-45-35(2,3)14-19-44-20-16-39-33(42)12-9-24-21-28(37)32(22-27(24)36)46-31-13-15-38-23-26(31)34(43)41-18-17-40(25-10-11-25)29-7-5-6-8-30(29)41/h5-8,13,15,21-23,25H,4,9-12,14,16-20H2,1-3H3,(H,39,42). The molecule has 5 rings (SSSR count). The summed E-state index contributed by atoms with van der Waals surface area (Å²) in [4.78, 5) is 34.7. The van der Waals surface area contributed by atoms with Gasteiger partial charge in [-0.3, -0.25) is 14.6 Å². The fraction of sp³-hybridized carbons (Fsp3) is 0.457. The molecule has 246 valence electrons. The van der Waals surface area contributed by atoms with Gasteiger partial charge in [-0.2, -0.15) is 0 Å². The molecule has 46 heavy (non-hydrogen) atoms. The van der Waals surface area contributed by atoms with E-state index in [1.54, 1.807) is 29.3 Å². The lowest BCUT2D eigenvalue weighted by Gasteiger charge is -2.38. The number of fused-ring (bicyclic) bond motifs is 1. The van der Waals surface area contributed by atoms with Gasteiger partial charge in [0.1, 0.15) is 17.1 Å². The summed E-state index contributed by atoms with van der Waals surface area (Å²) < 4.78 is 17.5. The number of nitrogens with zero attached hydrogens (tertiary/aromatic N) is 3. The molecule has 1 aromatic heterocycles. The predicted molar refractivity (Wildman–Crippen MR) is 182 cm³/mol. The normalized spacial score (nSPS) is 14.6. The van der Waals surface area contributed by atoms with Crippen LogP contribution in [0.3, 0.4) is 0 Å². The Morgan fingerprint density at radius 2 is 1.80 bits per heavy atom. The molecule has 0 spiro atoms. The molecular formula is C35H42Cl2N4O5. The van der Waals surface area contributed by atoms with E-state index < -0.39 is 0 Å². The summed E-state index contributed by atoms with van der Waals surface area (Å²) in [7, 11) is 0. The van der Waals surface area contributed by atoms with Gasteiger partial charge >= 0.3 is 0 Å². The largest absolute Gasteiger partial charge is 0.455 e. The highest BCUT2D eigenvalue weighted by molar-refractivity contribution is 6.34. The molecule has 1 N–H and O–H groups in total. The number of rotatable bonds is 15. The van der Waals surface area contributed by atoms with Crippen molar-refractivity contribution in [2.24, 2.45) is 0 Å². The van der Waals surface area contributed by atoms with Crippen LogP contribution >= 0.6 is 23.2 Å². The second-order valence-corrected chi connectivity index (χ2v) is 12.9. The summed E-state index contributed by atoms with van der Waals surface area (Å²) in [5, 5.41) is 3.61. The van der Waals surface area contributed by atoms with Crippen LogP contribution in [0.2, 0.25) is 10.0 Å². The Hall–Kier alpha value is -3.37. The van der Waals surface area contributed by atoms with Gasteiger partial charge < -0.3 is 29.3 Å². The van der Waals surface area contributed by atoms with E-state index in [0.717, 1.165) is 29.9 Å². The molecular weight excluding hydrogens is 627 g/mol. The van der Waals surface area contributed by atoms with Gasteiger partial charge in [0.2, 0.25) is 5.91 Å². The second kappa shape index (κ2) is 15.5. The number of hydrogen-bond acceptors (Lipinski definition) is 7. The number of benzene rings is 2. The van der Waals surface area contributed by atoms with Gasteiger partial charge in [0.15, 0.2) is 0 Å². The Morgan fingerprint density at radius 1 is 1.02 bits per heavy atom. The number of carbonyl (C=O) groups is 2. The lowest BCUT2D eigenvalue weighted by Crippen LogP contribution is -2.45. The first-order chi connectivity index (χ1) is 22.2. The highest BCUT2D eigenvalue weighted by Crippen LogP contribution is 2.41. The van der Waals surface area contributed by atoms with E-state index in [1.165, 1.54) is 19.0 Å². The number of hydrogen-bond donors (Lipinski definition) is 1. The van der Waals surface area contributed by atoms with Crippen LogP contribution in [0.15, 0.2) is 54.9 Å². The number of aromatic nitrogens is 1. The lowest BCUT2D eigenvalue weighted by molar-refractivity contribution is -0.121. The van der Waals surface area contributed by atoms with Crippen LogP contribution in [0.1, 0.15) is 62.4 Å². The molecule has 2 heterocycles. The Labute approximate surface area is 281 Å². The number of pyridine rings is 1. The fourth-order valence-corrected chi connectivity index (χ4v) is 6.05. The second-order valence-electron chi connectivity index (χ2n) is 12.1. The monoisotopic (exact) mass is 668 g/mol. The Kier molecular flexibility index (Phi) is 11.4. The summed E-state index contributed by atoms with van der Waals surface area (Å²) in [5.41, 5.74) is 2.77. The number of aryl methyl sites for hydroxylation is 1. The van der Waals surface area contributed by atoms with E-state index >= 15 is 0 Å². The van der Waals surface area contributed by atoms with Crippen LogP contribution in [0.4, 0.5) is 11.4 Å². The van der Waals surface area contributed by atoms with Crippen LogP contribution < -0.4 is 19.9 Å². The number of ether oxygens (including phenoxy) is 3. The molecule has 1 saturated carbocycles. The maximum Gasteiger partial charge on any atom is 0.263 e. The highest BCUT2D eigenvalue weighted by atomic mass is 35.5. The minimum absolute atomic E-state index is 0.106. The number of anilines is 2. The summed E-state index contributed by atoms with van der Waals surface area (Å²) >= 11 is 13.2. The topological polar surface area (TPSA) is 93.2 Å². The quantitative estimate of drug-likeness (QED) is 0.173. The van der Waals surface area contributed by atoms with Crippen molar-refractivity contribution in [3.63, 3.8) is 0 Å². The molecule has 0 unspecified atom stereocenters. The predicted octanol–water partition coefficient (Wildman–Crippen LogP) is 7.08. The van der Waals surface area contributed by atoms with Crippen LogP contribution in [-0.4, -0.2) is 67.9 Å². The highest BCUT2D eigenvalue weighted by Gasteiger charge is 2.36. The number of amides is 2. The molecule has 0 saturated heterocycles. The summed E-state index contributed by atoms with van der Waals surface area (Å²) in [6, 6.07) is 13.5. The van der Waals surface area contributed by atoms with Crippen molar-refractivity contribution in [3.8, 4) is 11.5 Å². The first-order valence-electron chi connectivity index (χ1n) is 15.9. The maximum atomic E-state index is 13.9. The fourth-order valence-electron chi connectivity index (χ4n) is 5.58. The van der Waals surface area contributed by atoms with E-state index in [4.69, 9.17) is 37.4 Å². The SMILES string of the molecule is CCOC(C)(C)CCOCCNC(=O)CCc1cc(Cl)c(Oc2ccncc2C(=O)N2CCN(C3CC3)c3ccccc32)cc1Cl. The van der Waals surface area contributed by atoms with E-state index in [9.17, 15) is 9.59 Å². The first-order valence-corrected chi connectivity index (χ1v) is 16.7. The van der Waals surface area contributed by atoms with Crippen molar-refractivity contribution in [1.29, 1.82) is 0 Å². The van der Waals surface area contributed by atoms with E-state index in [0.29, 0.717) is 72.5 Å². The number of halogens is 2. The van der Waals surface area contributed by atoms with E-state index in [-0.39, 0.29) is 23.8 Å². The first kappa shape index (κ1) is 34.0. The molecule has 0 bridgehead atoms. The number of carbonyl (C=O) groups excluding carboxylic acids is 2. The Morgan fingerprint density at radius 3 is 2.57 bits per heavy atom. The number of para-hydroxylation sites is 2. The van der Waals surface area contributed by atoms with Crippen LogP contribution in [0, 0.1) is 0 Å². The van der Waals surface area contributed by atoms with Crippen LogP contribution in [0.25, 0.3) is 0 Å². The minimum atomic E-state index is -0.227. The van der Waals surface area contributed by atoms with Gasteiger partial charge in [-0.05, 0) is 76.3 Å². The van der Waals surface area contributed by atoms with Gasteiger partial charge in [-0.25, -0.2) is 0 Å². The van der Waals surface area contributed by atoms with Crippen molar-refractivity contribution in [2.45, 2.75) is 64.5 Å². The van der Waals surface area contributed by atoms with Gasteiger partial charge in [0.25, 0.3) is 5.91 Å². The van der Waals surface area contributed by atoms with Gasteiger partial charge in [0.05, 0.1) is 28.6 Å². The zero-order chi connectivity index (χ0) is 32.7. The summed E-state index contributed by atoms with van der Waals surface area (Å²) in [6.07, 6.45) is 6.87. The van der Waals surface area contributed by atoms with Crippen molar-refractivity contribution < 1.29 is 23.8 Å². The third-order valence-corrected chi connectivity index (χ3v) is 8.83. The van der Waals surface area contributed by atoms with Crippen molar-refractivity contribution in [2.75, 3.05) is 49.3 Å².